The first kappa shape index (κ1) is 18.4. The van der Waals surface area contributed by atoms with E-state index < -0.39 is 17.9 Å². The maximum absolute atomic E-state index is 12.4. The van der Waals surface area contributed by atoms with Crippen molar-refractivity contribution in [2.24, 2.45) is 17.3 Å². The van der Waals surface area contributed by atoms with Crippen molar-refractivity contribution in [3.05, 3.63) is 23.3 Å². The Hall–Kier alpha value is -2.44. The average Bonchev–Trinajstić information content (AvgIpc) is 3.09. The summed E-state index contributed by atoms with van der Waals surface area (Å²) in [6, 6.07) is 0. The fourth-order valence-corrected chi connectivity index (χ4v) is 3.87. The minimum atomic E-state index is -0.482. The fourth-order valence-electron chi connectivity index (χ4n) is 3.87. The van der Waals surface area contributed by atoms with Crippen molar-refractivity contribution in [2.45, 2.75) is 39.5 Å². The van der Waals surface area contributed by atoms with Gasteiger partial charge in [0.1, 0.15) is 0 Å². The van der Waals surface area contributed by atoms with Gasteiger partial charge in [0.2, 0.25) is 0 Å². The van der Waals surface area contributed by atoms with Gasteiger partial charge in [0.15, 0.2) is 6.73 Å². The molecule has 140 valence electrons. The maximum Gasteiger partial charge on any atom is 0.330 e. The van der Waals surface area contributed by atoms with Gasteiger partial charge in [-0.25, -0.2) is 9.69 Å². The number of carbonyl (C=O) groups is 4. The van der Waals surface area contributed by atoms with Gasteiger partial charge in [-0.3, -0.25) is 14.4 Å². The molecule has 3 rings (SSSR count). The van der Waals surface area contributed by atoms with E-state index in [1.165, 1.54) is 13.2 Å². The summed E-state index contributed by atoms with van der Waals surface area (Å²) in [4.78, 5) is 49.3. The number of rotatable bonds is 5. The van der Waals surface area contributed by atoms with Crippen LogP contribution in [0.4, 0.5) is 0 Å². The van der Waals surface area contributed by atoms with E-state index in [9.17, 15) is 19.2 Å². The van der Waals surface area contributed by atoms with Crippen molar-refractivity contribution >= 4 is 23.8 Å². The molecular weight excluding hydrogens is 338 g/mol. The van der Waals surface area contributed by atoms with E-state index in [1.807, 2.05) is 13.8 Å². The predicted molar refractivity (Wildman–Crippen MR) is 90.2 cm³/mol. The zero-order chi connectivity index (χ0) is 19.1. The molecule has 7 nitrogen and oxygen atoms in total. The molecule has 2 unspecified atom stereocenters. The third-order valence-corrected chi connectivity index (χ3v) is 5.62. The lowest BCUT2D eigenvalue weighted by Crippen LogP contribution is -2.35. The Bertz CT molecular complexity index is 704. The van der Waals surface area contributed by atoms with Gasteiger partial charge < -0.3 is 9.47 Å². The van der Waals surface area contributed by atoms with E-state index in [-0.39, 0.29) is 29.9 Å². The number of hydrogen-bond acceptors (Lipinski definition) is 6. The van der Waals surface area contributed by atoms with Gasteiger partial charge in [-0.15, -0.1) is 0 Å². The Kier molecular flexibility index (Phi) is 4.73. The molecule has 3 aliphatic rings. The molecule has 1 aliphatic heterocycles. The Morgan fingerprint density at radius 2 is 1.73 bits per heavy atom. The van der Waals surface area contributed by atoms with Gasteiger partial charge in [0.05, 0.1) is 13.0 Å². The first-order valence-corrected chi connectivity index (χ1v) is 8.80. The molecule has 0 spiro atoms. The summed E-state index contributed by atoms with van der Waals surface area (Å²) >= 11 is 0. The average molecular weight is 361 g/mol. The largest absolute Gasteiger partial charge is 0.466 e. The molecule has 0 aromatic heterocycles. The molecule has 0 saturated heterocycles. The molecule has 1 saturated carbocycles. The summed E-state index contributed by atoms with van der Waals surface area (Å²) in [6.07, 6.45) is 5.96. The summed E-state index contributed by atoms with van der Waals surface area (Å²) in [5, 5.41) is 0. The first-order chi connectivity index (χ1) is 12.3. The number of hydrogen-bond donors (Lipinski definition) is 0. The van der Waals surface area contributed by atoms with Crippen LogP contribution in [0.15, 0.2) is 23.3 Å². The summed E-state index contributed by atoms with van der Waals surface area (Å²) in [6.45, 7) is 3.44. The summed E-state index contributed by atoms with van der Waals surface area (Å²) in [5.74, 6) is -2.20. The number of methoxy groups -OCH3 is 1. The van der Waals surface area contributed by atoms with Crippen LogP contribution >= 0.6 is 0 Å². The molecule has 0 radical (unpaired) electrons. The van der Waals surface area contributed by atoms with Crippen LogP contribution in [-0.2, 0) is 28.7 Å². The van der Waals surface area contributed by atoms with Gasteiger partial charge in [-0.05, 0) is 37.0 Å². The third-order valence-electron chi connectivity index (χ3n) is 5.62. The topological polar surface area (TPSA) is 90.0 Å². The number of ether oxygens (including phenoxy) is 2. The van der Waals surface area contributed by atoms with E-state index in [2.05, 4.69) is 4.74 Å². The van der Waals surface area contributed by atoms with Crippen LogP contribution in [0.3, 0.4) is 0 Å². The van der Waals surface area contributed by atoms with Gasteiger partial charge in [0, 0.05) is 17.2 Å². The van der Waals surface area contributed by atoms with E-state index in [0.29, 0.717) is 24.0 Å². The highest BCUT2D eigenvalue weighted by Gasteiger charge is 2.61. The third kappa shape index (κ3) is 3.06. The molecule has 2 amide bonds. The second kappa shape index (κ2) is 6.70. The zero-order valence-electron chi connectivity index (χ0n) is 15.2. The monoisotopic (exact) mass is 361 g/mol. The molecule has 26 heavy (non-hydrogen) atoms. The molecule has 0 bridgehead atoms. The van der Waals surface area contributed by atoms with Crippen LogP contribution in [0, 0.1) is 17.3 Å². The van der Waals surface area contributed by atoms with E-state index in [0.717, 1.165) is 17.7 Å². The summed E-state index contributed by atoms with van der Waals surface area (Å²) in [7, 11) is 1.29. The molecule has 0 aromatic carbocycles. The van der Waals surface area contributed by atoms with E-state index >= 15 is 0 Å². The molecule has 2 aliphatic carbocycles. The van der Waals surface area contributed by atoms with Crippen LogP contribution < -0.4 is 0 Å². The Balaban J connectivity index is 1.58. The number of allylic oxidation sites excluding steroid dienone is 1. The van der Waals surface area contributed by atoms with E-state index in [4.69, 9.17) is 4.74 Å². The Morgan fingerprint density at radius 1 is 1.15 bits per heavy atom. The van der Waals surface area contributed by atoms with Crippen LogP contribution in [0.25, 0.3) is 0 Å². The van der Waals surface area contributed by atoms with Gasteiger partial charge in [0.25, 0.3) is 11.8 Å². The van der Waals surface area contributed by atoms with Crippen molar-refractivity contribution in [3.63, 3.8) is 0 Å². The van der Waals surface area contributed by atoms with Crippen molar-refractivity contribution in [2.75, 3.05) is 13.8 Å². The van der Waals surface area contributed by atoms with Crippen molar-refractivity contribution in [1.29, 1.82) is 0 Å². The van der Waals surface area contributed by atoms with Crippen molar-refractivity contribution < 1.29 is 28.7 Å². The first-order valence-electron chi connectivity index (χ1n) is 8.80. The lowest BCUT2D eigenvalue weighted by Gasteiger charge is -2.15. The van der Waals surface area contributed by atoms with Crippen molar-refractivity contribution in [3.8, 4) is 0 Å². The molecule has 1 heterocycles. The quantitative estimate of drug-likeness (QED) is 0.421. The minimum absolute atomic E-state index is 0.148. The smallest absolute Gasteiger partial charge is 0.330 e. The molecule has 0 N–H and O–H groups in total. The number of nitrogens with zero attached hydrogens (tertiary/aromatic N) is 1. The molecular formula is C19H23NO6. The second-order valence-electron chi connectivity index (χ2n) is 7.50. The van der Waals surface area contributed by atoms with Crippen LogP contribution in [0.1, 0.15) is 39.5 Å². The standard InChI is InChI=1S/C19H23NO6/c1-19(2)13(8-9-14(21)25-3)15(19)18(24)26-10-20-16(22)11-6-4-5-7-12(11)17(20)23/h8-9,13,15H,4-7,10H2,1-3H3. The van der Waals surface area contributed by atoms with Gasteiger partial charge in [-0.2, -0.15) is 0 Å². The molecule has 2 atom stereocenters. The Morgan fingerprint density at radius 3 is 2.27 bits per heavy atom. The lowest BCUT2D eigenvalue weighted by molar-refractivity contribution is -0.157. The van der Waals surface area contributed by atoms with Gasteiger partial charge >= 0.3 is 11.9 Å². The number of esters is 2. The van der Waals surface area contributed by atoms with Crippen LogP contribution in [0.5, 0.6) is 0 Å². The van der Waals surface area contributed by atoms with Gasteiger partial charge in [-0.1, -0.05) is 19.9 Å². The van der Waals surface area contributed by atoms with Crippen LogP contribution in [0.2, 0.25) is 0 Å². The van der Waals surface area contributed by atoms with Crippen LogP contribution in [-0.4, -0.2) is 42.5 Å². The number of imide groups is 1. The maximum atomic E-state index is 12.4. The molecule has 0 aromatic rings. The highest BCUT2D eigenvalue weighted by molar-refractivity contribution is 6.19. The molecule has 1 fully saturated rings. The second-order valence-corrected chi connectivity index (χ2v) is 7.50. The fraction of sp³-hybridized carbons (Fsp3) is 0.579. The van der Waals surface area contributed by atoms with E-state index in [1.54, 1.807) is 6.08 Å². The minimum Gasteiger partial charge on any atom is -0.466 e. The highest BCUT2D eigenvalue weighted by atomic mass is 16.5. The SMILES string of the molecule is COC(=O)C=CC1C(C(=O)OCN2C(=O)C3=C(CCCC3)C2=O)C1(C)C. The summed E-state index contributed by atoms with van der Waals surface area (Å²) < 4.78 is 9.81. The lowest BCUT2D eigenvalue weighted by atomic mass is 9.93. The summed E-state index contributed by atoms with van der Waals surface area (Å²) in [5.41, 5.74) is 0.795. The Labute approximate surface area is 152 Å². The number of amides is 2. The highest BCUT2D eigenvalue weighted by Crippen LogP contribution is 2.59. The number of carbonyl (C=O) groups excluding carboxylic acids is 4. The predicted octanol–water partition coefficient (Wildman–Crippen LogP) is 1.73. The molecule has 7 heteroatoms. The van der Waals surface area contributed by atoms with Crippen molar-refractivity contribution in [1.82, 2.24) is 4.90 Å². The zero-order valence-corrected chi connectivity index (χ0v) is 15.2. The normalized spacial score (nSPS) is 27.0.